The van der Waals surface area contributed by atoms with Gasteiger partial charge in [0.25, 0.3) is 0 Å². The molecule has 0 bridgehead atoms. The van der Waals surface area contributed by atoms with Gasteiger partial charge in [-0.15, -0.1) is 0 Å². The summed E-state index contributed by atoms with van der Waals surface area (Å²) in [4.78, 5) is 2.51. The van der Waals surface area contributed by atoms with Gasteiger partial charge in [-0.05, 0) is 41.0 Å². The zero-order valence-corrected chi connectivity index (χ0v) is 12.3. The fourth-order valence-electron chi connectivity index (χ4n) is 3.51. The Morgan fingerprint density at radius 1 is 1.00 bits per heavy atom. The normalized spacial score (nSPS) is 19.5. The zero-order chi connectivity index (χ0) is 14.2. The van der Waals surface area contributed by atoms with Crippen molar-refractivity contribution in [3.63, 3.8) is 0 Å². The molecule has 2 N–H and O–H groups in total. The zero-order valence-electron chi connectivity index (χ0n) is 12.3. The number of benzene rings is 2. The molecular weight excluding hydrogens is 256 g/mol. The van der Waals surface area contributed by atoms with Gasteiger partial charge in [0.15, 0.2) is 0 Å². The Hall–Kier alpha value is -1.64. The number of fused-ring (bicyclic) bond motifs is 1. The Bertz CT molecular complexity index is 621. The van der Waals surface area contributed by atoms with Gasteiger partial charge in [0, 0.05) is 25.7 Å². The molecule has 0 spiro atoms. The van der Waals surface area contributed by atoms with Crippen LogP contribution in [-0.2, 0) is 13.1 Å². The number of nitrogens with zero attached hydrogens (tertiary/aromatic N) is 1. The smallest absolute Gasteiger partial charge is 0.0477 e. The Morgan fingerprint density at radius 3 is 2.33 bits per heavy atom. The minimum atomic E-state index is 0.330. The highest BCUT2D eigenvalue weighted by Gasteiger charge is 2.28. The lowest BCUT2D eigenvalue weighted by Crippen LogP contribution is -2.29. The lowest BCUT2D eigenvalue weighted by Gasteiger charge is -2.27. The average molecular weight is 278 g/mol. The minimum Gasteiger partial charge on any atom is -0.329 e. The van der Waals surface area contributed by atoms with E-state index in [0.717, 1.165) is 19.0 Å². The van der Waals surface area contributed by atoms with Gasteiger partial charge in [0.1, 0.15) is 0 Å². The Balaban J connectivity index is 1.59. The monoisotopic (exact) mass is 278 g/mol. The maximum atomic E-state index is 6.12. The summed E-state index contributed by atoms with van der Waals surface area (Å²) in [5.41, 5.74) is 11.9. The molecule has 1 unspecified atom stereocenters. The van der Waals surface area contributed by atoms with E-state index in [-0.39, 0.29) is 0 Å². The second-order valence-electron chi connectivity index (χ2n) is 6.37. The van der Waals surface area contributed by atoms with Gasteiger partial charge in [-0.2, -0.15) is 0 Å². The predicted molar refractivity (Wildman–Crippen MR) is 85.9 cm³/mol. The van der Waals surface area contributed by atoms with Crippen LogP contribution in [0.25, 0.3) is 0 Å². The third-order valence-corrected chi connectivity index (χ3v) is 4.87. The van der Waals surface area contributed by atoms with E-state index >= 15 is 0 Å². The molecular formula is C19H22N2. The van der Waals surface area contributed by atoms with Crippen molar-refractivity contribution in [2.45, 2.75) is 37.9 Å². The van der Waals surface area contributed by atoms with E-state index in [2.05, 4.69) is 53.4 Å². The van der Waals surface area contributed by atoms with Crippen LogP contribution in [0, 0.1) is 0 Å². The van der Waals surface area contributed by atoms with Crippen LogP contribution in [0.2, 0.25) is 0 Å². The molecule has 2 aromatic rings. The van der Waals surface area contributed by atoms with Crippen LogP contribution >= 0.6 is 0 Å². The van der Waals surface area contributed by atoms with E-state index in [9.17, 15) is 0 Å². The van der Waals surface area contributed by atoms with Crippen molar-refractivity contribution >= 4 is 0 Å². The second kappa shape index (κ2) is 5.28. The van der Waals surface area contributed by atoms with Crippen molar-refractivity contribution in [3.05, 3.63) is 70.8 Å². The van der Waals surface area contributed by atoms with Crippen LogP contribution in [-0.4, -0.2) is 11.4 Å². The van der Waals surface area contributed by atoms with Gasteiger partial charge < -0.3 is 5.73 Å². The molecule has 1 fully saturated rings. The number of nitrogens with two attached hydrogens (primary N) is 1. The standard InChI is InChI=1S/C19H22N2/c20-11-19(16-7-3-6-15(10-16)14-8-9-14)21-12-17-4-1-2-5-18(17)13-21/h1-7,10,14,19H,8-9,11-13,20H2. The first-order chi connectivity index (χ1) is 10.3. The third kappa shape index (κ3) is 2.50. The molecule has 1 atom stereocenters. The molecule has 2 aromatic carbocycles. The second-order valence-corrected chi connectivity index (χ2v) is 6.37. The summed E-state index contributed by atoms with van der Waals surface area (Å²) in [5, 5.41) is 0. The topological polar surface area (TPSA) is 29.3 Å². The van der Waals surface area contributed by atoms with Crippen molar-refractivity contribution in [3.8, 4) is 0 Å². The van der Waals surface area contributed by atoms with Crippen LogP contribution in [0.1, 0.15) is 47.1 Å². The van der Waals surface area contributed by atoms with Gasteiger partial charge in [0.05, 0.1) is 0 Å². The summed E-state index contributed by atoms with van der Waals surface area (Å²) >= 11 is 0. The van der Waals surface area contributed by atoms with E-state index in [4.69, 9.17) is 5.73 Å². The predicted octanol–water partition coefficient (Wildman–Crippen LogP) is 3.58. The molecule has 4 rings (SSSR count). The summed E-state index contributed by atoms with van der Waals surface area (Å²) in [7, 11) is 0. The molecule has 0 radical (unpaired) electrons. The highest BCUT2D eigenvalue weighted by Crippen LogP contribution is 2.41. The highest BCUT2D eigenvalue weighted by atomic mass is 15.2. The quantitative estimate of drug-likeness (QED) is 0.926. The Kier molecular flexibility index (Phi) is 3.28. The van der Waals surface area contributed by atoms with Crippen LogP contribution < -0.4 is 5.73 Å². The molecule has 0 aromatic heterocycles. The molecule has 21 heavy (non-hydrogen) atoms. The van der Waals surface area contributed by atoms with Gasteiger partial charge in [-0.3, -0.25) is 4.90 Å². The van der Waals surface area contributed by atoms with E-state index in [1.807, 2.05) is 0 Å². The molecule has 1 aliphatic carbocycles. The molecule has 0 amide bonds. The summed E-state index contributed by atoms with van der Waals surface area (Å²) in [6.07, 6.45) is 2.71. The third-order valence-electron chi connectivity index (χ3n) is 4.87. The maximum Gasteiger partial charge on any atom is 0.0477 e. The Morgan fingerprint density at radius 2 is 1.71 bits per heavy atom. The lowest BCUT2D eigenvalue weighted by molar-refractivity contribution is 0.205. The first-order valence-corrected chi connectivity index (χ1v) is 7.96. The van der Waals surface area contributed by atoms with Gasteiger partial charge in [-0.1, -0.05) is 48.5 Å². The fourth-order valence-corrected chi connectivity index (χ4v) is 3.51. The van der Waals surface area contributed by atoms with Crippen LogP contribution in [0.4, 0.5) is 0 Å². The van der Waals surface area contributed by atoms with E-state index < -0.39 is 0 Å². The van der Waals surface area contributed by atoms with Crippen LogP contribution in [0.5, 0.6) is 0 Å². The van der Waals surface area contributed by atoms with E-state index in [1.54, 1.807) is 0 Å². The molecule has 2 nitrogen and oxygen atoms in total. The molecule has 2 aliphatic rings. The van der Waals surface area contributed by atoms with E-state index in [1.165, 1.54) is 35.1 Å². The molecule has 1 aliphatic heterocycles. The van der Waals surface area contributed by atoms with Crippen LogP contribution in [0.15, 0.2) is 48.5 Å². The van der Waals surface area contributed by atoms with Crippen molar-refractivity contribution in [1.82, 2.24) is 4.90 Å². The fraction of sp³-hybridized carbons (Fsp3) is 0.368. The maximum absolute atomic E-state index is 6.12. The number of hydrogen-bond acceptors (Lipinski definition) is 2. The SMILES string of the molecule is NCC(c1cccc(C2CC2)c1)N1Cc2ccccc2C1. The average Bonchev–Trinajstić information content (AvgIpc) is 3.28. The highest BCUT2D eigenvalue weighted by molar-refractivity contribution is 5.34. The lowest BCUT2D eigenvalue weighted by atomic mass is 10.0. The summed E-state index contributed by atoms with van der Waals surface area (Å²) in [5.74, 6) is 0.805. The van der Waals surface area contributed by atoms with Gasteiger partial charge in [-0.25, -0.2) is 0 Å². The minimum absolute atomic E-state index is 0.330. The van der Waals surface area contributed by atoms with E-state index in [0.29, 0.717) is 12.6 Å². The van der Waals surface area contributed by atoms with Crippen molar-refractivity contribution in [2.75, 3.05) is 6.54 Å². The van der Waals surface area contributed by atoms with Gasteiger partial charge in [0.2, 0.25) is 0 Å². The van der Waals surface area contributed by atoms with Crippen LogP contribution in [0.3, 0.4) is 0 Å². The van der Waals surface area contributed by atoms with Crippen molar-refractivity contribution in [1.29, 1.82) is 0 Å². The molecule has 108 valence electrons. The molecule has 0 saturated heterocycles. The largest absolute Gasteiger partial charge is 0.329 e. The summed E-state index contributed by atoms with van der Waals surface area (Å²) in [6, 6.07) is 18.2. The molecule has 2 heteroatoms. The number of hydrogen-bond donors (Lipinski definition) is 1. The number of rotatable bonds is 4. The summed E-state index contributed by atoms with van der Waals surface area (Å²) in [6.45, 7) is 2.72. The van der Waals surface area contributed by atoms with Crippen molar-refractivity contribution in [2.24, 2.45) is 5.73 Å². The first-order valence-electron chi connectivity index (χ1n) is 7.96. The molecule has 1 saturated carbocycles. The van der Waals surface area contributed by atoms with Gasteiger partial charge >= 0.3 is 0 Å². The first kappa shape index (κ1) is 13.1. The Labute approximate surface area is 126 Å². The summed E-state index contributed by atoms with van der Waals surface area (Å²) < 4.78 is 0. The van der Waals surface area contributed by atoms with Crippen molar-refractivity contribution < 1.29 is 0 Å². The molecule has 1 heterocycles.